The first-order valence-electron chi connectivity index (χ1n) is 13.2. The van der Waals surface area contributed by atoms with Gasteiger partial charge in [0.25, 0.3) is 11.6 Å². The van der Waals surface area contributed by atoms with E-state index in [-0.39, 0.29) is 54.7 Å². The smallest absolute Gasteiger partial charge is 0.493 e. The van der Waals surface area contributed by atoms with Crippen LogP contribution < -0.4 is 9.47 Å². The highest BCUT2D eigenvalue weighted by molar-refractivity contribution is 7.87. The minimum Gasteiger partial charge on any atom is -0.493 e. The number of unbranched alkanes of at least 4 members (excludes halogenated alkanes) is 1. The van der Waals surface area contributed by atoms with E-state index in [2.05, 4.69) is 4.18 Å². The second-order valence-electron chi connectivity index (χ2n) is 11.3. The minimum atomic E-state index is -5.87. The van der Waals surface area contributed by atoms with Gasteiger partial charge in [-0.25, -0.2) is 0 Å². The molecule has 0 aliphatic carbocycles. The largest absolute Gasteiger partial charge is 0.523 e. The first kappa shape index (κ1) is 34.8. The van der Waals surface area contributed by atoms with Crippen molar-refractivity contribution in [3.8, 4) is 11.5 Å². The molecular weight excluding hydrogens is 589 g/mol. The molecule has 41 heavy (non-hydrogen) atoms. The predicted octanol–water partition coefficient (Wildman–Crippen LogP) is 5.64. The Morgan fingerprint density at radius 3 is 2.34 bits per heavy atom. The molecule has 0 bridgehead atoms. The lowest BCUT2D eigenvalue weighted by molar-refractivity contribution is -0.385. The number of carbonyl (C=O) groups is 1. The monoisotopic (exact) mass is 628 g/mol. The number of hydrogen-bond donors (Lipinski definition) is 0. The summed E-state index contributed by atoms with van der Waals surface area (Å²) in [5.41, 5.74) is -6.45. The quantitative estimate of drug-likeness (QED) is 0.0719. The maximum atomic E-state index is 13.8. The van der Waals surface area contributed by atoms with Gasteiger partial charge in [0.2, 0.25) is 0 Å². The Morgan fingerprint density at radius 1 is 1.20 bits per heavy atom. The van der Waals surface area contributed by atoms with E-state index in [0.29, 0.717) is 6.42 Å². The third-order valence-electron chi connectivity index (χ3n) is 7.38. The summed E-state index contributed by atoms with van der Waals surface area (Å²) in [5.74, 6) is -0.596. The first-order chi connectivity index (χ1) is 18.8. The summed E-state index contributed by atoms with van der Waals surface area (Å²) in [4.78, 5) is 26.3. The zero-order chi connectivity index (χ0) is 31.4. The molecule has 16 heteroatoms. The Bertz CT molecular complexity index is 1200. The molecule has 1 fully saturated rings. The number of nitro benzene ring substituents is 1. The highest BCUT2D eigenvalue weighted by Crippen LogP contribution is 2.39. The molecule has 234 valence electrons. The van der Waals surface area contributed by atoms with Crippen molar-refractivity contribution in [2.45, 2.75) is 89.2 Å². The topological polar surface area (TPSA) is 135 Å². The second kappa shape index (κ2) is 13.3. The van der Waals surface area contributed by atoms with Gasteiger partial charge in [0.15, 0.2) is 19.8 Å². The number of nitro groups is 1. The molecule has 1 heterocycles. The molecule has 0 spiro atoms. The molecule has 1 aliphatic heterocycles. The lowest BCUT2D eigenvalue weighted by Gasteiger charge is -2.42. The number of halogens is 3. The van der Waals surface area contributed by atoms with Gasteiger partial charge in [-0.3, -0.25) is 19.1 Å². The number of piperidine rings is 1. The average Bonchev–Trinajstić information content (AvgIpc) is 2.85. The van der Waals surface area contributed by atoms with Crippen LogP contribution in [0.5, 0.6) is 11.5 Å². The number of rotatable bonds is 12. The summed E-state index contributed by atoms with van der Waals surface area (Å²) >= 11 is 0. The van der Waals surface area contributed by atoms with E-state index in [1.807, 2.05) is 40.8 Å². The van der Waals surface area contributed by atoms with E-state index in [0.717, 1.165) is 12.5 Å². The highest BCUT2D eigenvalue weighted by atomic mass is 32.2. The van der Waals surface area contributed by atoms with Crippen molar-refractivity contribution in [1.29, 1.82) is 0 Å². The van der Waals surface area contributed by atoms with Crippen LogP contribution >= 0.6 is 0 Å². The molecule has 2 atom stereocenters. The van der Waals surface area contributed by atoms with Crippen molar-refractivity contribution in [1.82, 2.24) is 4.90 Å². The molecule has 1 aromatic carbocycles. The predicted molar refractivity (Wildman–Crippen MR) is 147 cm³/mol. The van der Waals surface area contributed by atoms with Crippen molar-refractivity contribution in [2.75, 3.05) is 26.9 Å². The summed E-state index contributed by atoms with van der Waals surface area (Å²) in [7, 11) is -6.97. The molecule has 0 saturated carbocycles. The van der Waals surface area contributed by atoms with Crippen molar-refractivity contribution in [3.05, 3.63) is 27.8 Å². The minimum absolute atomic E-state index is 0.0893. The first-order valence-corrected chi connectivity index (χ1v) is 17.5. The van der Waals surface area contributed by atoms with E-state index < -0.39 is 52.6 Å². The summed E-state index contributed by atoms with van der Waals surface area (Å²) in [6.45, 7) is 11.7. The lowest BCUT2D eigenvalue weighted by Crippen LogP contribution is -2.53. The number of benzene rings is 1. The van der Waals surface area contributed by atoms with Gasteiger partial charge in [-0.1, -0.05) is 34.1 Å². The van der Waals surface area contributed by atoms with Gasteiger partial charge in [-0.2, -0.15) is 21.6 Å². The number of hydrogen-bond acceptors (Lipinski definition) is 9. The highest BCUT2D eigenvalue weighted by Gasteiger charge is 2.50. The number of likely N-dealkylation sites (tertiary alicyclic amines) is 1. The zero-order valence-electron chi connectivity index (χ0n) is 24.4. The van der Waals surface area contributed by atoms with Crippen molar-refractivity contribution in [3.63, 3.8) is 0 Å². The Balaban J connectivity index is 2.47. The Kier molecular flexibility index (Phi) is 11.2. The summed E-state index contributed by atoms with van der Waals surface area (Å²) in [6, 6.07) is 1.38. The van der Waals surface area contributed by atoms with Gasteiger partial charge < -0.3 is 18.8 Å². The van der Waals surface area contributed by atoms with Crippen LogP contribution in [-0.2, 0) is 18.7 Å². The normalized spacial score (nSPS) is 18.7. The summed E-state index contributed by atoms with van der Waals surface area (Å²) in [5, 5.41) is 11.7. The van der Waals surface area contributed by atoms with Crippen molar-refractivity contribution < 1.29 is 49.4 Å². The van der Waals surface area contributed by atoms with Crippen LogP contribution in [0.25, 0.3) is 0 Å². The molecule has 11 nitrogen and oxygen atoms in total. The maximum absolute atomic E-state index is 13.8. The fourth-order valence-corrected chi connectivity index (χ4v) is 5.59. The van der Waals surface area contributed by atoms with Gasteiger partial charge in [-0.15, -0.1) is 0 Å². The van der Waals surface area contributed by atoms with Gasteiger partial charge >= 0.3 is 15.6 Å². The van der Waals surface area contributed by atoms with Crippen LogP contribution in [0.3, 0.4) is 0 Å². The second-order valence-corrected chi connectivity index (χ2v) is 17.7. The summed E-state index contributed by atoms with van der Waals surface area (Å²) < 4.78 is 84.0. The Hall–Kier alpha value is -2.43. The number of methoxy groups -OCH3 is 1. The van der Waals surface area contributed by atoms with Crippen molar-refractivity contribution >= 4 is 30.0 Å². The van der Waals surface area contributed by atoms with Crippen LogP contribution in [0.1, 0.15) is 63.7 Å². The maximum Gasteiger partial charge on any atom is 0.523 e. The number of nitrogens with zero attached hydrogens (tertiary/aromatic N) is 2. The van der Waals surface area contributed by atoms with Crippen molar-refractivity contribution in [2.24, 2.45) is 0 Å². The number of amides is 1. The van der Waals surface area contributed by atoms with Crippen LogP contribution in [0, 0.1) is 10.1 Å². The molecule has 0 N–H and O–H groups in total. The molecule has 1 aromatic rings. The van der Waals surface area contributed by atoms with Crippen LogP contribution in [-0.4, -0.2) is 77.0 Å². The van der Waals surface area contributed by atoms with Crippen LogP contribution in [0.15, 0.2) is 12.1 Å². The van der Waals surface area contributed by atoms with E-state index in [1.165, 1.54) is 18.1 Å². The van der Waals surface area contributed by atoms with E-state index >= 15 is 0 Å². The molecule has 1 amide bonds. The third-order valence-corrected chi connectivity index (χ3v) is 13.0. The SMILES string of the molecule is CCCCOc1cc([N+](=O)[O-])c(C(=O)N2CCC(OS(=O)(=O)C(F)(F)F)C[C@H]2CO[Si](C)(C)C(C)(C)C)cc1OC. The van der Waals surface area contributed by atoms with Gasteiger partial charge in [0.05, 0.1) is 43.5 Å². The molecule has 1 aliphatic rings. The Labute approximate surface area is 239 Å². The molecule has 0 aromatic heterocycles. The van der Waals surface area contributed by atoms with E-state index in [9.17, 15) is 36.5 Å². The summed E-state index contributed by atoms with van der Waals surface area (Å²) in [6.07, 6.45) is -0.408. The number of alkyl halides is 3. The lowest BCUT2D eigenvalue weighted by atomic mass is 9.98. The average molecular weight is 629 g/mol. The number of ether oxygens (including phenoxy) is 2. The number of carbonyl (C=O) groups excluding carboxylic acids is 1. The third kappa shape index (κ3) is 8.55. The molecule has 1 unspecified atom stereocenters. The standard InChI is InChI=1S/C25H39F3N2O9SSi/c1-8-9-12-37-22-15-20(30(32)33)19(14-21(22)36-5)23(31)29-11-10-18(39-40(34,35)25(26,27)28)13-17(29)16-38-41(6,7)24(2,3)4/h14-15,17-18H,8-13,16H2,1-7H3/t17-,18?/m0/s1. The van der Waals surface area contributed by atoms with E-state index in [1.54, 1.807) is 0 Å². The van der Waals surface area contributed by atoms with Crippen LogP contribution in [0.4, 0.5) is 18.9 Å². The molecular formula is C25H39F3N2O9SSi. The van der Waals surface area contributed by atoms with E-state index in [4.69, 9.17) is 13.9 Å². The fourth-order valence-electron chi connectivity index (χ4n) is 3.91. The molecule has 0 radical (unpaired) electrons. The van der Waals surface area contributed by atoms with Gasteiger partial charge in [-0.05, 0) is 37.4 Å². The van der Waals surface area contributed by atoms with Crippen LogP contribution in [0.2, 0.25) is 18.1 Å². The Morgan fingerprint density at radius 2 is 1.83 bits per heavy atom. The van der Waals surface area contributed by atoms with Gasteiger partial charge in [0, 0.05) is 12.6 Å². The molecule has 2 rings (SSSR count). The van der Waals surface area contributed by atoms with Gasteiger partial charge in [0.1, 0.15) is 5.56 Å². The zero-order valence-corrected chi connectivity index (χ0v) is 26.2. The fraction of sp³-hybridized carbons (Fsp3) is 0.720. The molecule has 1 saturated heterocycles.